The van der Waals surface area contributed by atoms with Gasteiger partial charge in [-0.05, 0) is 23.8 Å². The lowest BCUT2D eigenvalue weighted by Gasteiger charge is -2.06. The molecule has 27 heavy (non-hydrogen) atoms. The Morgan fingerprint density at radius 3 is 2.56 bits per heavy atom. The average molecular weight is 366 g/mol. The Kier molecular flexibility index (Phi) is 4.08. The van der Waals surface area contributed by atoms with Crippen LogP contribution in [-0.4, -0.2) is 35.1 Å². The Morgan fingerprint density at radius 2 is 1.85 bits per heavy atom. The highest BCUT2D eigenvalue weighted by molar-refractivity contribution is 6.05. The van der Waals surface area contributed by atoms with E-state index in [-0.39, 0.29) is 11.4 Å². The lowest BCUT2D eigenvalue weighted by molar-refractivity contribution is 0.356. The fraction of sp³-hybridized carbons (Fsp3) is 0.105. The van der Waals surface area contributed by atoms with Crippen LogP contribution in [-0.2, 0) is 0 Å². The maximum absolute atomic E-state index is 13.0. The van der Waals surface area contributed by atoms with E-state index in [1.165, 1.54) is 24.7 Å². The molecule has 4 aromatic rings. The first-order valence-electron chi connectivity index (χ1n) is 8.05. The van der Waals surface area contributed by atoms with E-state index < -0.39 is 0 Å². The van der Waals surface area contributed by atoms with Gasteiger partial charge in [-0.1, -0.05) is 12.1 Å². The van der Waals surface area contributed by atoms with E-state index in [0.29, 0.717) is 33.6 Å². The number of hydrogen-bond donors (Lipinski definition) is 1. The summed E-state index contributed by atoms with van der Waals surface area (Å²) in [5, 5.41) is 4.86. The molecule has 7 nitrogen and oxygen atoms in total. The number of ether oxygens (including phenoxy) is 2. The van der Waals surface area contributed by atoms with Crippen molar-refractivity contribution < 1.29 is 13.9 Å². The molecule has 0 spiro atoms. The van der Waals surface area contributed by atoms with Gasteiger partial charge in [0.25, 0.3) is 5.56 Å². The number of methoxy groups -OCH3 is 2. The summed E-state index contributed by atoms with van der Waals surface area (Å²) < 4.78 is 24.7. The van der Waals surface area contributed by atoms with Crippen molar-refractivity contribution in [3.05, 3.63) is 64.5 Å². The molecule has 1 N–H and O–H groups in total. The van der Waals surface area contributed by atoms with Gasteiger partial charge in [-0.15, -0.1) is 0 Å². The van der Waals surface area contributed by atoms with Crippen molar-refractivity contribution in [1.29, 1.82) is 0 Å². The zero-order chi connectivity index (χ0) is 19.0. The summed E-state index contributed by atoms with van der Waals surface area (Å²) in [6, 6.07) is 9.30. The summed E-state index contributed by atoms with van der Waals surface area (Å²) in [4.78, 5) is 20.2. The van der Waals surface area contributed by atoms with Gasteiger partial charge in [0, 0.05) is 11.5 Å². The van der Waals surface area contributed by atoms with Gasteiger partial charge in [0.15, 0.2) is 11.5 Å². The average Bonchev–Trinajstić information content (AvgIpc) is 3.06. The zero-order valence-electron chi connectivity index (χ0n) is 14.6. The molecule has 0 radical (unpaired) electrons. The summed E-state index contributed by atoms with van der Waals surface area (Å²) in [7, 11) is 3.09. The topological polar surface area (TPSA) is 81.5 Å². The second kappa shape index (κ2) is 6.56. The molecule has 2 aromatic heterocycles. The number of nitrogens with zero attached hydrogens (tertiary/aromatic N) is 3. The van der Waals surface area contributed by atoms with Crippen LogP contribution in [0.5, 0.6) is 11.5 Å². The third kappa shape index (κ3) is 2.91. The number of H-pyrrole nitrogens is 1. The summed E-state index contributed by atoms with van der Waals surface area (Å²) in [5.41, 5.74) is 1.85. The van der Waals surface area contributed by atoms with Gasteiger partial charge in [0.2, 0.25) is 0 Å². The monoisotopic (exact) mass is 366 g/mol. The van der Waals surface area contributed by atoms with Gasteiger partial charge in [-0.2, -0.15) is 9.78 Å². The van der Waals surface area contributed by atoms with Crippen LogP contribution < -0.4 is 15.0 Å². The van der Waals surface area contributed by atoms with E-state index in [1.54, 1.807) is 38.5 Å². The van der Waals surface area contributed by atoms with Crippen LogP contribution in [0.3, 0.4) is 0 Å². The van der Waals surface area contributed by atoms with Gasteiger partial charge < -0.3 is 14.5 Å². The molecule has 0 aliphatic rings. The first-order valence-corrected chi connectivity index (χ1v) is 8.05. The van der Waals surface area contributed by atoms with Crippen LogP contribution >= 0.6 is 0 Å². The number of nitrogens with one attached hydrogen (secondary N) is 1. The molecule has 0 amide bonds. The second-order valence-corrected chi connectivity index (χ2v) is 5.79. The molecule has 0 aliphatic heterocycles. The van der Waals surface area contributed by atoms with E-state index in [9.17, 15) is 9.18 Å². The van der Waals surface area contributed by atoms with Crippen LogP contribution in [0.2, 0.25) is 0 Å². The number of rotatable bonds is 4. The Balaban J connectivity index is 1.83. The lowest BCUT2D eigenvalue weighted by atomic mass is 10.2. The van der Waals surface area contributed by atoms with Crippen molar-refractivity contribution in [2.45, 2.75) is 0 Å². The number of halogens is 1. The predicted octanol–water partition coefficient (Wildman–Crippen LogP) is 2.92. The molecule has 0 saturated carbocycles. The highest BCUT2D eigenvalue weighted by Gasteiger charge is 2.14. The summed E-state index contributed by atoms with van der Waals surface area (Å²) in [6.07, 6.45) is 2.80. The van der Waals surface area contributed by atoms with Crippen molar-refractivity contribution in [1.82, 2.24) is 14.6 Å². The molecule has 136 valence electrons. The molecule has 0 bridgehead atoms. The molecule has 0 saturated heterocycles. The fourth-order valence-electron chi connectivity index (χ4n) is 2.84. The smallest absolute Gasteiger partial charge is 0.298 e. The van der Waals surface area contributed by atoms with Crippen LogP contribution in [0, 0.1) is 5.82 Å². The molecule has 8 heteroatoms. The molecule has 0 unspecified atom stereocenters. The van der Waals surface area contributed by atoms with Crippen molar-refractivity contribution in [3.8, 4) is 11.5 Å². The summed E-state index contributed by atoms with van der Waals surface area (Å²) in [5.74, 6) is 0.758. The van der Waals surface area contributed by atoms with Crippen LogP contribution in [0.1, 0.15) is 5.56 Å². The fourth-order valence-corrected chi connectivity index (χ4v) is 2.84. The minimum Gasteiger partial charge on any atom is -0.493 e. The number of aromatic amines is 1. The standard InChI is InChI=1S/C19H15FN4O3/c1-26-15-7-13-14(8-16(15)27-2)23-18-17(13)21-10-24(19(18)25)22-9-11-3-5-12(20)6-4-11/h3-10,23H,1-2H3. The first kappa shape index (κ1) is 16.8. The van der Waals surface area contributed by atoms with Gasteiger partial charge >= 0.3 is 0 Å². The van der Waals surface area contributed by atoms with E-state index >= 15 is 0 Å². The Hall–Kier alpha value is -3.68. The van der Waals surface area contributed by atoms with Gasteiger partial charge in [-0.3, -0.25) is 4.79 Å². The molecular formula is C19H15FN4O3. The summed E-state index contributed by atoms with van der Waals surface area (Å²) in [6.45, 7) is 0. The molecule has 4 rings (SSSR count). The SMILES string of the molecule is COc1cc2[nH]c3c(=O)n(N=Cc4ccc(F)cc4)cnc3c2cc1OC. The quantitative estimate of drug-likeness (QED) is 0.563. The Bertz CT molecular complexity index is 1230. The third-order valence-corrected chi connectivity index (χ3v) is 4.19. The Morgan fingerprint density at radius 1 is 1.15 bits per heavy atom. The maximum atomic E-state index is 13.0. The van der Waals surface area contributed by atoms with Gasteiger partial charge in [0.05, 0.1) is 26.0 Å². The number of fused-ring (bicyclic) bond motifs is 3. The maximum Gasteiger partial charge on any atom is 0.298 e. The number of aromatic nitrogens is 3. The van der Waals surface area contributed by atoms with Crippen molar-refractivity contribution in [2.24, 2.45) is 5.10 Å². The van der Waals surface area contributed by atoms with E-state index in [0.717, 1.165) is 10.1 Å². The molecule has 0 aliphatic carbocycles. The van der Waals surface area contributed by atoms with Crippen molar-refractivity contribution >= 4 is 28.2 Å². The highest BCUT2D eigenvalue weighted by Crippen LogP contribution is 2.34. The van der Waals surface area contributed by atoms with E-state index in [4.69, 9.17) is 9.47 Å². The normalized spacial score (nSPS) is 11.5. The van der Waals surface area contributed by atoms with Crippen LogP contribution in [0.15, 0.2) is 52.6 Å². The minimum absolute atomic E-state index is 0.319. The van der Waals surface area contributed by atoms with Gasteiger partial charge in [-0.25, -0.2) is 9.37 Å². The summed E-state index contributed by atoms with van der Waals surface area (Å²) >= 11 is 0. The predicted molar refractivity (Wildman–Crippen MR) is 100 cm³/mol. The van der Waals surface area contributed by atoms with Crippen molar-refractivity contribution in [3.63, 3.8) is 0 Å². The Labute approximate surface area is 152 Å². The minimum atomic E-state index is -0.354. The number of hydrogen-bond acceptors (Lipinski definition) is 5. The molecule has 0 fully saturated rings. The van der Waals surface area contributed by atoms with E-state index in [2.05, 4.69) is 15.1 Å². The second-order valence-electron chi connectivity index (χ2n) is 5.79. The van der Waals surface area contributed by atoms with E-state index in [1.807, 2.05) is 0 Å². The first-order chi connectivity index (χ1) is 13.1. The molecule has 2 aromatic carbocycles. The van der Waals surface area contributed by atoms with Crippen LogP contribution in [0.25, 0.3) is 21.9 Å². The van der Waals surface area contributed by atoms with Crippen molar-refractivity contribution in [2.75, 3.05) is 14.2 Å². The highest BCUT2D eigenvalue weighted by atomic mass is 19.1. The van der Waals surface area contributed by atoms with Crippen LogP contribution in [0.4, 0.5) is 4.39 Å². The molecule has 0 atom stereocenters. The zero-order valence-corrected chi connectivity index (χ0v) is 14.6. The largest absolute Gasteiger partial charge is 0.493 e. The third-order valence-electron chi connectivity index (χ3n) is 4.19. The lowest BCUT2D eigenvalue weighted by Crippen LogP contribution is -2.17. The van der Waals surface area contributed by atoms with Gasteiger partial charge in [0.1, 0.15) is 23.2 Å². The molecule has 2 heterocycles. The molecular weight excluding hydrogens is 351 g/mol. The number of benzene rings is 2.